The van der Waals surface area contributed by atoms with Crippen LogP contribution in [0.4, 0.5) is 10.1 Å². The number of hydrogen-bond donors (Lipinski definition) is 1. The van der Waals surface area contributed by atoms with E-state index in [0.717, 1.165) is 0 Å². The van der Waals surface area contributed by atoms with Gasteiger partial charge in [0.15, 0.2) is 5.82 Å². The van der Waals surface area contributed by atoms with Crippen LogP contribution in [0.3, 0.4) is 0 Å². The summed E-state index contributed by atoms with van der Waals surface area (Å²) in [5.41, 5.74) is 0.661. The molecule has 1 atom stereocenters. The molecule has 1 N–H and O–H groups in total. The molecule has 23 heavy (non-hydrogen) atoms. The van der Waals surface area contributed by atoms with Crippen LogP contribution in [0, 0.1) is 11.7 Å². The van der Waals surface area contributed by atoms with Gasteiger partial charge in [-0.3, -0.25) is 4.79 Å². The molecule has 0 aliphatic rings. The van der Waals surface area contributed by atoms with Crippen molar-refractivity contribution < 1.29 is 13.9 Å². The summed E-state index contributed by atoms with van der Waals surface area (Å²) in [6, 6.07) is 4.44. The summed E-state index contributed by atoms with van der Waals surface area (Å²) >= 11 is 0. The Morgan fingerprint density at radius 1 is 1.39 bits per heavy atom. The first-order chi connectivity index (χ1) is 10.9. The van der Waals surface area contributed by atoms with Gasteiger partial charge in [0.2, 0.25) is 5.91 Å². The number of amides is 1. The smallest absolute Gasteiger partial charge is 0.229 e. The molecule has 0 aliphatic carbocycles. The monoisotopic (exact) mass is 321 g/mol. The van der Waals surface area contributed by atoms with Crippen molar-refractivity contribution in [2.45, 2.75) is 26.8 Å². The molecule has 0 saturated heterocycles. The van der Waals surface area contributed by atoms with Crippen LogP contribution in [-0.4, -0.2) is 39.8 Å². The number of aromatic nitrogens is 4. The lowest BCUT2D eigenvalue weighted by molar-refractivity contribution is -0.120. The number of ether oxygens (including phenoxy) is 1. The molecule has 124 valence electrons. The molecule has 0 spiro atoms. The maximum absolute atomic E-state index is 14.4. The van der Waals surface area contributed by atoms with Gasteiger partial charge in [0, 0.05) is 12.8 Å². The minimum absolute atomic E-state index is 0.00803. The second-order valence-corrected chi connectivity index (χ2v) is 5.58. The van der Waals surface area contributed by atoms with E-state index in [0.29, 0.717) is 18.1 Å². The highest BCUT2D eigenvalue weighted by atomic mass is 19.1. The number of carbonyl (C=O) groups is 1. The molecule has 1 amide bonds. The number of nitrogens with zero attached hydrogens (tertiary/aromatic N) is 4. The van der Waals surface area contributed by atoms with Crippen molar-refractivity contribution >= 4 is 11.6 Å². The zero-order chi connectivity index (χ0) is 17.0. The van der Waals surface area contributed by atoms with Gasteiger partial charge >= 0.3 is 0 Å². The maximum atomic E-state index is 14.4. The van der Waals surface area contributed by atoms with Crippen LogP contribution in [0.15, 0.2) is 18.2 Å². The van der Waals surface area contributed by atoms with Gasteiger partial charge < -0.3 is 10.1 Å². The molecule has 1 aromatic carbocycles. The summed E-state index contributed by atoms with van der Waals surface area (Å²) in [7, 11) is 1.52. The summed E-state index contributed by atoms with van der Waals surface area (Å²) in [5.74, 6) is -0.705. The van der Waals surface area contributed by atoms with E-state index < -0.39 is 5.82 Å². The standard InChI is InChI=1S/C15H20FN5O2/c1-9(2)21-14(18-19-20-21)12-6-5-11(7-13(12)16)17-15(22)10(3)8-23-4/h5-7,9-10H,8H2,1-4H3,(H,17,22)/t10-/m1/s1. The van der Waals surface area contributed by atoms with Crippen LogP contribution in [0.1, 0.15) is 26.8 Å². The normalized spacial score (nSPS) is 12.4. The molecule has 2 rings (SSSR count). The average molecular weight is 321 g/mol. The van der Waals surface area contributed by atoms with Crippen molar-refractivity contribution in [2.24, 2.45) is 5.92 Å². The number of halogens is 1. The molecule has 0 unspecified atom stereocenters. The van der Waals surface area contributed by atoms with E-state index in [1.807, 2.05) is 13.8 Å². The van der Waals surface area contributed by atoms with Gasteiger partial charge in [-0.25, -0.2) is 9.07 Å². The first-order valence-corrected chi connectivity index (χ1v) is 7.31. The number of anilines is 1. The maximum Gasteiger partial charge on any atom is 0.229 e. The van der Waals surface area contributed by atoms with Gasteiger partial charge in [0.1, 0.15) is 5.82 Å². The van der Waals surface area contributed by atoms with Crippen molar-refractivity contribution in [1.29, 1.82) is 0 Å². The molecule has 1 aromatic heterocycles. The molecule has 0 aliphatic heterocycles. The fraction of sp³-hybridized carbons (Fsp3) is 0.467. The van der Waals surface area contributed by atoms with Crippen molar-refractivity contribution in [1.82, 2.24) is 20.2 Å². The molecule has 1 heterocycles. The Hall–Kier alpha value is -2.35. The van der Waals surface area contributed by atoms with Crippen molar-refractivity contribution in [3.63, 3.8) is 0 Å². The van der Waals surface area contributed by atoms with Crippen molar-refractivity contribution in [3.8, 4) is 11.4 Å². The third-order valence-electron chi connectivity index (χ3n) is 3.32. The van der Waals surface area contributed by atoms with Crippen LogP contribution in [0.5, 0.6) is 0 Å². The van der Waals surface area contributed by atoms with Crippen LogP contribution in [0.2, 0.25) is 0 Å². The highest BCUT2D eigenvalue weighted by Gasteiger charge is 2.17. The molecular formula is C15H20FN5O2. The summed E-state index contributed by atoms with van der Waals surface area (Å²) in [5, 5.41) is 14.0. The molecule has 0 bridgehead atoms. The molecular weight excluding hydrogens is 301 g/mol. The van der Waals surface area contributed by atoms with Gasteiger partial charge in [-0.15, -0.1) is 5.10 Å². The number of carbonyl (C=O) groups excluding carboxylic acids is 1. The van der Waals surface area contributed by atoms with Gasteiger partial charge in [-0.2, -0.15) is 0 Å². The fourth-order valence-electron chi connectivity index (χ4n) is 2.08. The topological polar surface area (TPSA) is 81.9 Å². The van der Waals surface area contributed by atoms with Gasteiger partial charge in [-0.1, -0.05) is 6.92 Å². The number of nitrogens with one attached hydrogen (secondary N) is 1. The Bertz CT molecular complexity index is 686. The molecule has 7 nitrogen and oxygen atoms in total. The summed E-state index contributed by atoms with van der Waals surface area (Å²) in [4.78, 5) is 11.9. The molecule has 0 radical (unpaired) electrons. The number of tetrazole rings is 1. The third-order valence-corrected chi connectivity index (χ3v) is 3.32. The van der Waals surface area contributed by atoms with Gasteiger partial charge in [0.05, 0.1) is 24.1 Å². The molecule has 0 fully saturated rings. The Balaban J connectivity index is 2.21. The minimum atomic E-state index is -0.501. The van der Waals surface area contributed by atoms with E-state index in [-0.39, 0.29) is 23.4 Å². The predicted molar refractivity (Wildman–Crippen MR) is 83.3 cm³/mol. The summed E-state index contributed by atoms with van der Waals surface area (Å²) in [6.45, 7) is 5.85. The summed E-state index contributed by atoms with van der Waals surface area (Å²) < 4.78 is 20.8. The first kappa shape index (κ1) is 17.0. The van der Waals surface area contributed by atoms with Crippen molar-refractivity contribution in [3.05, 3.63) is 24.0 Å². The van der Waals surface area contributed by atoms with Gasteiger partial charge in [0.25, 0.3) is 0 Å². The number of benzene rings is 1. The van der Waals surface area contributed by atoms with E-state index in [1.165, 1.54) is 17.9 Å². The Kier molecular flexibility index (Phi) is 5.38. The fourth-order valence-corrected chi connectivity index (χ4v) is 2.08. The van der Waals surface area contributed by atoms with Crippen LogP contribution < -0.4 is 5.32 Å². The quantitative estimate of drug-likeness (QED) is 0.882. The van der Waals surface area contributed by atoms with E-state index >= 15 is 0 Å². The van der Waals surface area contributed by atoms with E-state index in [9.17, 15) is 9.18 Å². The Labute approximate surface area is 133 Å². The highest BCUT2D eigenvalue weighted by molar-refractivity contribution is 5.92. The third kappa shape index (κ3) is 3.89. The molecule has 2 aromatic rings. The minimum Gasteiger partial charge on any atom is -0.384 e. The number of rotatable bonds is 6. The zero-order valence-corrected chi connectivity index (χ0v) is 13.6. The lowest BCUT2D eigenvalue weighted by atomic mass is 10.1. The van der Waals surface area contributed by atoms with Crippen LogP contribution in [-0.2, 0) is 9.53 Å². The van der Waals surface area contributed by atoms with E-state index in [2.05, 4.69) is 20.8 Å². The predicted octanol–water partition coefficient (Wildman–Crippen LogP) is 2.28. The summed E-state index contributed by atoms with van der Waals surface area (Å²) in [6.07, 6.45) is 0. The Morgan fingerprint density at radius 3 is 2.74 bits per heavy atom. The molecule has 0 saturated carbocycles. The second kappa shape index (κ2) is 7.28. The zero-order valence-electron chi connectivity index (χ0n) is 13.6. The first-order valence-electron chi connectivity index (χ1n) is 7.31. The SMILES string of the molecule is COC[C@@H](C)C(=O)Nc1ccc(-c2nnnn2C(C)C)c(F)c1. The van der Waals surface area contributed by atoms with E-state index in [4.69, 9.17) is 4.74 Å². The Morgan fingerprint density at radius 2 is 2.13 bits per heavy atom. The van der Waals surface area contributed by atoms with E-state index in [1.54, 1.807) is 19.1 Å². The lowest BCUT2D eigenvalue weighted by Gasteiger charge is -2.12. The number of methoxy groups -OCH3 is 1. The van der Waals surface area contributed by atoms with Crippen LogP contribution >= 0.6 is 0 Å². The lowest BCUT2D eigenvalue weighted by Crippen LogP contribution is -2.23. The van der Waals surface area contributed by atoms with Gasteiger partial charge in [-0.05, 0) is 42.5 Å². The largest absolute Gasteiger partial charge is 0.384 e. The second-order valence-electron chi connectivity index (χ2n) is 5.58. The average Bonchev–Trinajstić information content (AvgIpc) is 2.97. The van der Waals surface area contributed by atoms with Crippen molar-refractivity contribution in [2.75, 3.05) is 19.0 Å². The number of hydrogen-bond acceptors (Lipinski definition) is 5. The van der Waals surface area contributed by atoms with Crippen LogP contribution in [0.25, 0.3) is 11.4 Å². The highest BCUT2D eigenvalue weighted by Crippen LogP contribution is 2.25. The molecule has 8 heteroatoms.